The zero-order valence-corrected chi connectivity index (χ0v) is 10.9. The third-order valence-electron chi connectivity index (χ3n) is 2.97. The first kappa shape index (κ1) is 10.4. The number of aryl methyl sites for hydroxylation is 1. The van der Waals surface area contributed by atoms with Crippen LogP contribution in [0.4, 0.5) is 0 Å². The number of rotatable bonds is 0. The Morgan fingerprint density at radius 1 is 1.43 bits per heavy atom. The zero-order chi connectivity index (χ0) is 10.1. The van der Waals surface area contributed by atoms with Crippen molar-refractivity contribution in [3.05, 3.63) is 11.4 Å². The van der Waals surface area contributed by atoms with Crippen LogP contribution in [0.3, 0.4) is 0 Å². The summed E-state index contributed by atoms with van der Waals surface area (Å²) in [6.45, 7) is 2.32. The molecule has 0 spiro atoms. The molecule has 1 aromatic heterocycles. The van der Waals surface area contributed by atoms with Crippen molar-refractivity contribution in [2.24, 2.45) is 13.0 Å². The van der Waals surface area contributed by atoms with Gasteiger partial charge in [-0.1, -0.05) is 47.6 Å². The third-order valence-corrected chi connectivity index (χ3v) is 4.18. The van der Waals surface area contributed by atoms with Crippen LogP contribution in [0.5, 0.6) is 0 Å². The van der Waals surface area contributed by atoms with Gasteiger partial charge < -0.3 is 0 Å². The van der Waals surface area contributed by atoms with E-state index in [1.54, 1.807) is 0 Å². The molecule has 4 heteroatoms. The summed E-state index contributed by atoms with van der Waals surface area (Å²) in [5, 5.41) is 8.41. The molecular weight excluding hydrogens is 289 g/mol. The minimum Gasteiger partial charge on any atom is -0.252 e. The summed E-state index contributed by atoms with van der Waals surface area (Å²) < 4.78 is 2.51. The molecule has 3 nitrogen and oxygen atoms in total. The summed E-state index contributed by atoms with van der Waals surface area (Å²) in [6, 6.07) is 0. The molecule has 14 heavy (non-hydrogen) atoms. The van der Waals surface area contributed by atoms with Crippen molar-refractivity contribution in [2.45, 2.75) is 36.5 Å². The fraction of sp³-hybridized carbons (Fsp3) is 0.800. The molecule has 0 amide bonds. The summed E-state index contributed by atoms with van der Waals surface area (Å²) in [5.41, 5.74) is 2.57. The summed E-state index contributed by atoms with van der Waals surface area (Å²) in [7, 11) is 2.00. The average molecular weight is 305 g/mol. The molecule has 0 aliphatic heterocycles. The predicted octanol–water partition coefficient (Wildman–Crippen LogP) is 2.65. The van der Waals surface area contributed by atoms with Crippen LogP contribution in [-0.2, 0) is 13.5 Å². The van der Waals surface area contributed by atoms with E-state index in [0.717, 1.165) is 12.3 Å². The van der Waals surface area contributed by atoms with E-state index in [0.29, 0.717) is 3.92 Å². The van der Waals surface area contributed by atoms with Gasteiger partial charge in [0.05, 0.1) is 15.3 Å². The van der Waals surface area contributed by atoms with Crippen molar-refractivity contribution < 1.29 is 0 Å². The van der Waals surface area contributed by atoms with Gasteiger partial charge in [0.2, 0.25) is 0 Å². The van der Waals surface area contributed by atoms with Crippen LogP contribution < -0.4 is 0 Å². The Balaban J connectivity index is 2.34. The van der Waals surface area contributed by atoms with Crippen molar-refractivity contribution in [1.29, 1.82) is 0 Å². The smallest absolute Gasteiger partial charge is 0.0987 e. The molecule has 0 radical (unpaired) electrons. The van der Waals surface area contributed by atoms with Gasteiger partial charge in [0, 0.05) is 7.05 Å². The molecular formula is C10H16IN3. The SMILES string of the molecule is CC1CCC[C@@H](I)c2nnn(C)c2C1. The molecule has 1 heterocycles. The van der Waals surface area contributed by atoms with E-state index in [9.17, 15) is 0 Å². The Morgan fingerprint density at radius 2 is 2.21 bits per heavy atom. The molecule has 0 N–H and O–H groups in total. The van der Waals surface area contributed by atoms with Crippen molar-refractivity contribution in [3.63, 3.8) is 0 Å². The number of fused-ring (bicyclic) bond motifs is 1. The molecule has 1 aliphatic rings. The van der Waals surface area contributed by atoms with Crippen molar-refractivity contribution in [1.82, 2.24) is 15.0 Å². The van der Waals surface area contributed by atoms with Gasteiger partial charge in [0.15, 0.2) is 0 Å². The van der Waals surface area contributed by atoms with Gasteiger partial charge in [0.1, 0.15) is 0 Å². The number of hydrogen-bond donors (Lipinski definition) is 0. The van der Waals surface area contributed by atoms with Gasteiger partial charge in [-0.25, -0.2) is 0 Å². The van der Waals surface area contributed by atoms with E-state index in [1.165, 1.54) is 30.7 Å². The fourth-order valence-corrected chi connectivity index (χ4v) is 3.01. The molecule has 78 valence electrons. The van der Waals surface area contributed by atoms with E-state index >= 15 is 0 Å². The van der Waals surface area contributed by atoms with Crippen LogP contribution in [0.1, 0.15) is 41.5 Å². The maximum absolute atomic E-state index is 4.28. The molecule has 0 bridgehead atoms. The van der Waals surface area contributed by atoms with Gasteiger partial charge in [-0.3, -0.25) is 4.68 Å². The second kappa shape index (κ2) is 4.16. The molecule has 1 aromatic rings. The summed E-state index contributed by atoms with van der Waals surface area (Å²) >= 11 is 2.49. The minimum absolute atomic E-state index is 0.559. The Kier molecular flexibility index (Phi) is 3.09. The lowest BCUT2D eigenvalue weighted by molar-refractivity contribution is 0.466. The van der Waals surface area contributed by atoms with Crippen LogP contribution >= 0.6 is 22.6 Å². The first-order chi connectivity index (χ1) is 6.68. The second-order valence-electron chi connectivity index (χ2n) is 4.25. The fourth-order valence-electron chi connectivity index (χ4n) is 2.09. The quantitative estimate of drug-likeness (QED) is 0.545. The highest BCUT2D eigenvalue weighted by atomic mass is 127. The lowest BCUT2D eigenvalue weighted by Gasteiger charge is -2.18. The summed E-state index contributed by atoms with van der Waals surface area (Å²) in [5.74, 6) is 0.773. The van der Waals surface area contributed by atoms with Crippen molar-refractivity contribution in [2.75, 3.05) is 0 Å². The molecule has 0 fully saturated rings. The van der Waals surface area contributed by atoms with Crippen LogP contribution in [0, 0.1) is 5.92 Å². The zero-order valence-electron chi connectivity index (χ0n) is 8.70. The highest BCUT2D eigenvalue weighted by Crippen LogP contribution is 2.34. The van der Waals surface area contributed by atoms with E-state index < -0.39 is 0 Å². The number of hydrogen-bond acceptors (Lipinski definition) is 2. The van der Waals surface area contributed by atoms with E-state index in [4.69, 9.17) is 0 Å². The molecule has 0 aromatic carbocycles. The van der Waals surface area contributed by atoms with E-state index in [-0.39, 0.29) is 0 Å². The third kappa shape index (κ3) is 1.94. The number of nitrogens with zero attached hydrogens (tertiary/aromatic N) is 3. The van der Waals surface area contributed by atoms with Crippen molar-refractivity contribution in [3.8, 4) is 0 Å². The van der Waals surface area contributed by atoms with Gasteiger partial charge in [-0.15, -0.1) is 5.10 Å². The van der Waals surface area contributed by atoms with Crippen LogP contribution in [-0.4, -0.2) is 15.0 Å². The Bertz CT molecular complexity index is 321. The predicted molar refractivity (Wildman–Crippen MR) is 64.5 cm³/mol. The standard InChI is InChI=1S/C10H16IN3/c1-7-4-3-5-8(11)10-9(6-7)14(2)13-12-10/h7-8H,3-6H2,1-2H3/t7?,8-/m1/s1. The monoisotopic (exact) mass is 305 g/mol. The number of aromatic nitrogens is 3. The minimum atomic E-state index is 0.559. The Morgan fingerprint density at radius 3 is 3.00 bits per heavy atom. The van der Waals surface area contributed by atoms with Gasteiger partial charge in [0.25, 0.3) is 0 Å². The van der Waals surface area contributed by atoms with Gasteiger partial charge in [-0.05, 0) is 18.8 Å². The number of alkyl halides is 1. The normalized spacial score (nSPS) is 27.9. The highest BCUT2D eigenvalue weighted by molar-refractivity contribution is 14.1. The topological polar surface area (TPSA) is 30.7 Å². The first-order valence-corrected chi connectivity index (χ1v) is 6.45. The lowest BCUT2D eigenvalue weighted by atomic mass is 9.93. The molecule has 0 saturated heterocycles. The maximum atomic E-state index is 4.28. The van der Waals surface area contributed by atoms with Gasteiger partial charge in [-0.2, -0.15) is 0 Å². The molecule has 2 atom stereocenters. The molecule has 2 rings (SSSR count). The average Bonchev–Trinajstić information content (AvgIpc) is 2.45. The van der Waals surface area contributed by atoms with Crippen molar-refractivity contribution >= 4 is 22.6 Å². The molecule has 1 unspecified atom stereocenters. The van der Waals surface area contributed by atoms with E-state index in [2.05, 4.69) is 39.8 Å². The van der Waals surface area contributed by atoms with Crippen LogP contribution in [0.25, 0.3) is 0 Å². The van der Waals surface area contributed by atoms with E-state index in [1.807, 2.05) is 11.7 Å². The number of halogens is 1. The van der Waals surface area contributed by atoms with Gasteiger partial charge >= 0.3 is 0 Å². The lowest BCUT2D eigenvalue weighted by Crippen LogP contribution is -2.11. The van der Waals surface area contributed by atoms with Crippen LogP contribution in [0.15, 0.2) is 0 Å². The Hall–Kier alpha value is -0.130. The molecule has 0 saturated carbocycles. The largest absolute Gasteiger partial charge is 0.252 e. The second-order valence-corrected chi connectivity index (χ2v) is 5.76. The summed E-state index contributed by atoms with van der Waals surface area (Å²) in [6.07, 6.45) is 5.05. The van der Waals surface area contributed by atoms with Crippen LogP contribution in [0.2, 0.25) is 0 Å². The highest BCUT2D eigenvalue weighted by Gasteiger charge is 2.22. The Labute approximate surface area is 98.4 Å². The summed E-state index contributed by atoms with van der Waals surface area (Å²) in [4.78, 5) is 0. The first-order valence-electron chi connectivity index (χ1n) is 5.21. The molecule has 1 aliphatic carbocycles. The maximum Gasteiger partial charge on any atom is 0.0987 e.